The number of pyridine rings is 1. The highest BCUT2D eigenvalue weighted by Crippen LogP contribution is 2.11. The number of carboxylic acid groups (broad SMARTS) is 2. The number of urea groups is 1. The van der Waals surface area contributed by atoms with E-state index in [1.54, 1.807) is 6.20 Å². The zero-order valence-electron chi connectivity index (χ0n) is 12.7. The monoisotopic (exact) mass is 358 g/mol. The Morgan fingerprint density at radius 2 is 2.04 bits per heavy atom. The van der Waals surface area contributed by atoms with E-state index in [-0.39, 0.29) is 19.4 Å². The van der Waals surface area contributed by atoms with Crippen molar-refractivity contribution >= 4 is 29.7 Å². The van der Waals surface area contributed by atoms with Gasteiger partial charge in [0.2, 0.25) is 0 Å². The molecule has 0 aliphatic rings. The van der Waals surface area contributed by atoms with Gasteiger partial charge in [-0.05, 0) is 18.1 Å². The van der Waals surface area contributed by atoms with Crippen LogP contribution in [0.3, 0.4) is 0 Å². The Hall–Kier alpha value is -2.36. The molecule has 10 heteroatoms. The summed E-state index contributed by atoms with van der Waals surface area (Å²) in [5.74, 6) is -1.76. The molecule has 0 saturated heterocycles. The summed E-state index contributed by atoms with van der Waals surface area (Å²) in [6.45, 7) is 0.282. The number of amides is 2. The maximum absolute atomic E-state index is 12.9. The van der Waals surface area contributed by atoms with E-state index in [2.05, 4.69) is 15.6 Å². The van der Waals surface area contributed by atoms with Gasteiger partial charge in [0.05, 0.1) is 6.20 Å². The summed E-state index contributed by atoms with van der Waals surface area (Å²) in [7, 11) is 0. The van der Waals surface area contributed by atoms with Crippen LogP contribution in [0, 0.1) is 5.82 Å². The molecule has 4 N–H and O–H groups in total. The van der Waals surface area contributed by atoms with Crippen LogP contribution >= 0.6 is 11.8 Å². The van der Waals surface area contributed by atoms with E-state index in [9.17, 15) is 18.8 Å². The SMILES string of the molecule is O=C(O)CCC(NC(=O)NCCSCc1cncc([18F])c1)C(=O)O. The first kappa shape index (κ1) is 19.7. The Labute approximate surface area is 141 Å². The van der Waals surface area contributed by atoms with Crippen LogP contribution in [-0.2, 0) is 15.3 Å². The number of hydrogen-bond donors (Lipinski definition) is 4. The maximum Gasteiger partial charge on any atom is 0.326 e. The van der Waals surface area contributed by atoms with Gasteiger partial charge >= 0.3 is 18.0 Å². The van der Waals surface area contributed by atoms with E-state index in [0.717, 1.165) is 11.8 Å². The van der Waals surface area contributed by atoms with E-state index in [0.29, 0.717) is 11.5 Å². The molecule has 0 bridgehead atoms. The average Bonchev–Trinajstić information content (AvgIpc) is 2.50. The lowest BCUT2D eigenvalue weighted by Crippen LogP contribution is -2.46. The Morgan fingerprint density at radius 1 is 1.29 bits per heavy atom. The van der Waals surface area contributed by atoms with Crippen LogP contribution in [0.25, 0.3) is 0 Å². The van der Waals surface area contributed by atoms with E-state index >= 15 is 0 Å². The number of nitrogens with zero attached hydrogens (tertiary/aromatic N) is 1. The summed E-state index contributed by atoms with van der Waals surface area (Å²) >= 11 is 1.45. The van der Waals surface area contributed by atoms with Gasteiger partial charge in [-0.25, -0.2) is 14.0 Å². The predicted octanol–water partition coefficient (Wildman–Crippen LogP) is 1.07. The van der Waals surface area contributed by atoms with Crippen molar-refractivity contribution in [1.82, 2.24) is 15.6 Å². The first-order chi connectivity index (χ1) is 11.4. The number of carboxylic acids is 2. The van der Waals surface area contributed by atoms with Gasteiger partial charge in [0.15, 0.2) is 0 Å². The molecule has 8 nitrogen and oxygen atoms in total. The molecule has 0 aliphatic carbocycles. The highest BCUT2D eigenvalue weighted by Gasteiger charge is 2.20. The number of carbonyl (C=O) groups excluding carboxylic acids is 1. The fourth-order valence-electron chi connectivity index (χ4n) is 1.70. The Bertz CT molecular complexity index is 587. The van der Waals surface area contributed by atoms with E-state index in [1.807, 2.05) is 0 Å². The van der Waals surface area contributed by atoms with Gasteiger partial charge in [0, 0.05) is 30.7 Å². The van der Waals surface area contributed by atoms with Crippen molar-refractivity contribution in [2.75, 3.05) is 12.3 Å². The molecular formula is C14H18FN3O5S. The largest absolute Gasteiger partial charge is 0.481 e. The second kappa shape index (κ2) is 10.4. The third-order valence-electron chi connectivity index (χ3n) is 2.81. The number of nitrogens with one attached hydrogen (secondary N) is 2. The molecule has 0 aliphatic heterocycles. The first-order valence-electron chi connectivity index (χ1n) is 7.04. The number of thioether (sulfide) groups is 1. The molecule has 2 amide bonds. The Balaban J connectivity index is 2.22. The van der Waals surface area contributed by atoms with Gasteiger partial charge < -0.3 is 20.8 Å². The standard InChI is InChI=1S/C14H18FN3O5S/c15-10-5-9(6-16-7-10)8-24-4-3-17-14(23)18-11(13(21)22)1-2-12(19)20/h5-7,11H,1-4,8H2,(H,19,20)(H,21,22)(H2,17,18,23)/i15-1. The molecule has 1 aromatic rings. The smallest absolute Gasteiger partial charge is 0.326 e. The fourth-order valence-corrected chi connectivity index (χ4v) is 2.48. The summed E-state index contributed by atoms with van der Waals surface area (Å²) in [4.78, 5) is 36.7. The molecule has 1 atom stereocenters. The second-order valence-corrected chi connectivity index (χ2v) is 5.89. The minimum Gasteiger partial charge on any atom is -0.481 e. The zero-order chi connectivity index (χ0) is 17.9. The number of hydrogen-bond acceptors (Lipinski definition) is 5. The lowest BCUT2D eigenvalue weighted by molar-refractivity contribution is -0.140. The number of halogens is 1. The number of aliphatic carboxylic acids is 2. The van der Waals surface area contributed by atoms with Crippen LogP contribution < -0.4 is 10.6 Å². The van der Waals surface area contributed by atoms with Crippen molar-refractivity contribution in [3.05, 3.63) is 29.8 Å². The Morgan fingerprint density at radius 3 is 2.67 bits per heavy atom. The van der Waals surface area contributed by atoms with Crippen LogP contribution in [0.2, 0.25) is 0 Å². The minimum absolute atomic E-state index is 0.195. The molecule has 24 heavy (non-hydrogen) atoms. The van der Waals surface area contributed by atoms with Crippen molar-refractivity contribution in [3.8, 4) is 0 Å². The molecule has 1 unspecified atom stereocenters. The highest BCUT2D eigenvalue weighted by atomic mass is 32.2. The van der Waals surface area contributed by atoms with Crippen LogP contribution in [0.15, 0.2) is 18.5 Å². The van der Waals surface area contributed by atoms with Crippen LogP contribution in [0.5, 0.6) is 0 Å². The van der Waals surface area contributed by atoms with Crippen LogP contribution in [0.1, 0.15) is 18.4 Å². The lowest BCUT2D eigenvalue weighted by atomic mass is 10.1. The van der Waals surface area contributed by atoms with E-state index in [4.69, 9.17) is 10.2 Å². The topological polar surface area (TPSA) is 129 Å². The maximum atomic E-state index is 12.9. The number of carbonyl (C=O) groups is 3. The van der Waals surface area contributed by atoms with Gasteiger partial charge in [-0.15, -0.1) is 0 Å². The normalized spacial score (nSPS) is 11.5. The molecule has 1 rings (SSSR count). The molecule has 1 aromatic heterocycles. The van der Waals surface area contributed by atoms with E-state index in [1.165, 1.54) is 17.8 Å². The van der Waals surface area contributed by atoms with Crippen LogP contribution in [-0.4, -0.2) is 51.5 Å². The van der Waals surface area contributed by atoms with Gasteiger partial charge in [0.25, 0.3) is 0 Å². The molecule has 0 radical (unpaired) electrons. The Kier molecular flexibility index (Phi) is 8.55. The highest BCUT2D eigenvalue weighted by molar-refractivity contribution is 7.98. The molecule has 1 heterocycles. The lowest BCUT2D eigenvalue weighted by Gasteiger charge is -2.14. The molecule has 0 aromatic carbocycles. The van der Waals surface area contributed by atoms with Gasteiger partial charge in [0.1, 0.15) is 11.9 Å². The van der Waals surface area contributed by atoms with Gasteiger partial charge in [-0.1, -0.05) is 0 Å². The zero-order valence-corrected chi connectivity index (χ0v) is 13.5. The van der Waals surface area contributed by atoms with Gasteiger partial charge in [-0.2, -0.15) is 11.8 Å². The molecule has 0 saturated carbocycles. The summed E-state index contributed by atoms with van der Waals surface area (Å²) in [5.41, 5.74) is 0.726. The summed E-state index contributed by atoms with van der Waals surface area (Å²) < 4.78 is 12.9. The van der Waals surface area contributed by atoms with E-state index < -0.39 is 29.8 Å². The minimum atomic E-state index is -1.29. The quantitative estimate of drug-likeness (QED) is 0.461. The first-order valence-corrected chi connectivity index (χ1v) is 8.20. The van der Waals surface area contributed by atoms with Crippen LogP contribution in [0.4, 0.5) is 9.18 Å². The third kappa shape index (κ3) is 8.32. The second-order valence-electron chi connectivity index (χ2n) is 4.79. The molecule has 0 fully saturated rings. The summed E-state index contributed by atoms with van der Waals surface area (Å²) in [5, 5.41) is 22.1. The van der Waals surface area contributed by atoms with Gasteiger partial charge in [-0.3, -0.25) is 9.78 Å². The average molecular weight is 358 g/mol. The number of rotatable bonds is 10. The van der Waals surface area contributed by atoms with Crippen molar-refractivity contribution in [3.63, 3.8) is 0 Å². The predicted molar refractivity (Wildman–Crippen MR) is 85.2 cm³/mol. The molecule has 132 valence electrons. The van der Waals surface area contributed by atoms with Crippen molar-refractivity contribution in [1.29, 1.82) is 0 Å². The summed E-state index contributed by atoms with van der Waals surface area (Å²) in [6.07, 6.45) is 2.12. The van der Waals surface area contributed by atoms with Crippen molar-refractivity contribution in [2.45, 2.75) is 24.6 Å². The summed E-state index contributed by atoms with van der Waals surface area (Å²) in [6, 6.07) is -0.562. The molecule has 0 spiro atoms. The molecular weight excluding hydrogens is 340 g/mol. The number of aromatic nitrogens is 1. The van der Waals surface area contributed by atoms with Crippen molar-refractivity contribution < 1.29 is 29.0 Å². The third-order valence-corrected chi connectivity index (χ3v) is 3.84. The van der Waals surface area contributed by atoms with Crippen molar-refractivity contribution in [2.24, 2.45) is 0 Å². The fraction of sp³-hybridized carbons (Fsp3) is 0.429.